The second-order valence-electron chi connectivity index (χ2n) is 5.79. The Morgan fingerprint density at radius 2 is 1.77 bits per heavy atom. The van der Waals surface area contributed by atoms with E-state index in [4.69, 9.17) is 9.47 Å². The van der Waals surface area contributed by atoms with Crippen LogP contribution in [0.4, 0.5) is 11.4 Å². The van der Waals surface area contributed by atoms with Crippen molar-refractivity contribution in [3.05, 3.63) is 63.6 Å². The molecule has 1 aliphatic heterocycles. The molecule has 1 heterocycles. The summed E-state index contributed by atoms with van der Waals surface area (Å²) in [7, 11) is 0. The van der Waals surface area contributed by atoms with Crippen molar-refractivity contribution in [2.75, 3.05) is 37.8 Å². The number of morpholine rings is 1. The lowest BCUT2D eigenvalue weighted by molar-refractivity contribution is 0.122. The summed E-state index contributed by atoms with van der Waals surface area (Å²) >= 11 is 7.08. The molecule has 0 bridgehead atoms. The number of hydrogen-bond acceptors (Lipinski definition) is 4. The molecular weight excluding hydrogens is 460 g/mol. The molecule has 1 fully saturated rings. The van der Waals surface area contributed by atoms with Gasteiger partial charge in [-0.3, -0.25) is 4.99 Å². The monoisotopic (exact) mass is 478 g/mol. The zero-order chi connectivity index (χ0) is 18.4. The predicted octanol–water partition coefficient (Wildman–Crippen LogP) is 5.36. The summed E-state index contributed by atoms with van der Waals surface area (Å²) in [5, 5.41) is 0. The molecule has 0 unspecified atom stereocenters. The van der Waals surface area contributed by atoms with E-state index in [9.17, 15) is 0 Å². The summed E-state index contributed by atoms with van der Waals surface area (Å²) in [5.74, 6) is 0.761. The number of hydrogen-bond donors (Lipinski definition) is 0. The van der Waals surface area contributed by atoms with E-state index in [2.05, 4.69) is 60.5 Å². The Bertz CT molecular complexity index is 762. The number of aliphatic imine (C=N–C) groups is 1. The molecule has 3 rings (SSSR count). The lowest BCUT2D eigenvalue weighted by Crippen LogP contribution is -2.36. The SMILES string of the molecule is C=CCOc1c(Br)cc(C=Nc2ccc(N3CCOCC3)cc2)cc1Br. The Hall–Kier alpha value is -1.63. The number of ether oxygens (including phenoxy) is 2. The lowest BCUT2D eigenvalue weighted by atomic mass is 10.2. The van der Waals surface area contributed by atoms with E-state index in [0.717, 1.165) is 52.2 Å². The number of rotatable bonds is 6. The molecule has 1 aliphatic rings. The van der Waals surface area contributed by atoms with E-state index >= 15 is 0 Å². The highest BCUT2D eigenvalue weighted by Crippen LogP contribution is 2.34. The third-order valence-electron chi connectivity index (χ3n) is 3.95. The maximum Gasteiger partial charge on any atom is 0.148 e. The number of anilines is 1. The van der Waals surface area contributed by atoms with Crippen LogP contribution in [0.3, 0.4) is 0 Å². The lowest BCUT2D eigenvalue weighted by Gasteiger charge is -2.28. The molecule has 1 saturated heterocycles. The van der Waals surface area contributed by atoms with Gasteiger partial charge in [-0.05, 0) is 73.8 Å². The van der Waals surface area contributed by atoms with E-state index in [0.29, 0.717) is 6.61 Å². The van der Waals surface area contributed by atoms with Gasteiger partial charge in [-0.1, -0.05) is 12.7 Å². The summed E-state index contributed by atoms with van der Waals surface area (Å²) in [6, 6.07) is 12.2. The molecule has 136 valence electrons. The molecular formula is C20H20Br2N2O2. The first-order valence-electron chi connectivity index (χ1n) is 8.37. The van der Waals surface area contributed by atoms with Crippen molar-refractivity contribution in [3.8, 4) is 5.75 Å². The number of halogens is 2. The Balaban J connectivity index is 1.70. The highest BCUT2D eigenvalue weighted by atomic mass is 79.9. The van der Waals surface area contributed by atoms with Gasteiger partial charge in [-0.15, -0.1) is 0 Å². The average molecular weight is 480 g/mol. The van der Waals surface area contributed by atoms with E-state index in [-0.39, 0.29) is 0 Å². The summed E-state index contributed by atoms with van der Waals surface area (Å²) < 4.78 is 12.8. The fourth-order valence-corrected chi connectivity index (χ4v) is 4.11. The van der Waals surface area contributed by atoms with Crippen LogP contribution in [0.25, 0.3) is 0 Å². The molecule has 0 spiro atoms. The number of nitrogens with zero attached hydrogens (tertiary/aromatic N) is 2. The van der Waals surface area contributed by atoms with Gasteiger partial charge in [0.15, 0.2) is 0 Å². The summed E-state index contributed by atoms with van der Waals surface area (Å²) in [6.07, 6.45) is 3.56. The quantitative estimate of drug-likeness (QED) is 0.413. The fourth-order valence-electron chi connectivity index (χ4n) is 2.65. The Kier molecular flexibility index (Phi) is 6.88. The molecule has 4 nitrogen and oxygen atoms in total. The summed E-state index contributed by atoms with van der Waals surface area (Å²) in [5.41, 5.74) is 3.11. The van der Waals surface area contributed by atoms with Crippen LogP contribution in [0.2, 0.25) is 0 Å². The van der Waals surface area contributed by atoms with Gasteiger partial charge in [-0.25, -0.2) is 0 Å². The van der Waals surface area contributed by atoms with Crippen molar-refractivity contribution < 1.29 is 9.47 Å². The zero-order valence-corrected chi connectivity index (χ0v) is 17.5. The van der Waals surface area contributed by atoms with Gasteiger partial charge in [0.2, 0.25) is 0 Å². The van der Waals surface area contributed by atoms with Crippen LogP contribution < -0.4 is 9.64 Å². The van der Waals surface area contributed by atoms with Crippen molar-refractivity contribution >= 4 is 49.4 Å². The van der Waals surface area contributed by atoms with Crippen molar-refractivity contribution in [1.29, 1.82) is 0 Å². The largest absolute Gasteiger partial charge is 0.487 e. The molecule has 0 amide bonds. The maximum atomic E-state index is 5.64. The van der Waals surface area contributed by atoms with Crippen LogP contribution in [-0.4, -0.2) is 39.1 Å². The first-order chi connectivity index (χ1) is 12.7. The van der Waals surface area contributed by atoms with Gasteiger partial charge in [-0.2, -0.15) is 0 Å². The first-order valence-corrected chi connectivity index (χ1v) is 9.95. The fraction of sp³-hybridized carbons (Fsp3) is 0.250. The summed E-state index contributed by atoms with van der Waals surface area (Å²) in [4.78, 5) is 6.90. The molecule has 0 atom stereocenters. The van der Waals surface area contributed by atoms with Crippen LogP contribution in [0.15, 0.2) is 63.0 Å². The van der Waals surface area contributed by atoms with Crippen molar-refractivity contribution in [3.63, 3.8) is 0 Å². The molecule has 2 aromatic carbocycles. The predicted molar refractivity (Wildman–Crippen MR) is 114 cm³/mol. The highest BCUT2D eigenvalue weighted by molar-refractivity contribution is 9.11. The normalized spacial score (nSPS) is 14.6. The van der Waals surface area contributed by atoms with E-state index < -0.39 is 0 Å². The van der Waals surface area contributed by atoms with Crippen LogP contribution >= 0.6 is 31.9 Å². The molecule has 0 N–H and O–H groups in total. The van der Waals surface area contributed by atoms with E-state index in [1.54, 1.807) is 6.08 Å². The average Bonchev–Trinajstić information content (AvgIpc) is 2.67. The minimum absolute atomic E-state index is 0.458. The third-order valence-corrected chi connectivity index (χ3v) is 5.13. The second kappa shape index (κ2) is 9.35. The topological polar surface area (TPSA) is 34.1 Å². The van der Waals surface area contributed by atoms with Crippen molar-refractivity contribution in [2.45, 2.75) is 0 Å². The van der Waals surface area contributed by atoms with Gasteiger partial charge in [0.25, 0.3) is 0 Å². The van der Waals surface area contributed by atoms with Crippen molar-refractivity contribution in [2.24, 2.45) is 4.99 Å². The molecule has 0 radical (unpaired) electrons. The van der Waals surface area contributed by atoms with Gasteiger partial charge >= 0.3 is 0 Å². The van der Waals surface area contributed by atoms with E-state index in [1.165, 1.54) is 5.69 Å². The first kappa shape index (κ1) is 19.1. The van der Waals surface area contributed by atoms with Gasteiger partial charge in [0.05, 0.1) is 27.8 Å². The van der Waals surface area contributed by atoms with Gasteiger partial charge in [0.1, 0.15) is 12.4 Å². The Morgan fingerprint density at radius 1 is 1.12 bits per heavy atom. The minimum atomic E-state index is 0.458. The highest BCUT2D eigenvalue weighted by Gasteiger charge is 2.11. The van der Waals surface area contributed by atoms with Gasteiger partial charge in [0, 0.05) is 25.0 Å². The van der Waals surface area contributed by atoms with Crippen LogP contribution in [-0.2, 0) is 4.74 Å². The smallest absolute Gasteiger partial charge is 0.148 e. The Morgan fingerprint density at radius 3 is 2.38 bits per heavy atom. The Labute approximate surface area is 170 Å². The maximum absolute atomic E-state index is 5.64. The van der Waals surface area contributed by atoms with Crippen LogP contribution in [0.1, 0.15) is 5.56 Å². The standard InChI is InChI=1S/C20H20Br2N2O2/c1-2-9-26-20-18(21)12-15(13-19(20)22)14-23-16-3-5-17(6-4-16)24-7-10-25-11-8-24/h2-6,12-14H,1,7-11H2. The molecule has 0 saturated carbocycles. The zero-order valence-electron chi connectivity index (χ0n) is 14.3. The van der Waals surface area contributed by atoms with E-state index in [1.807, 2.05) is 30.5 Å². The second-order valence-corrected chi connectivity index (χ2v) is 7.50. The molecule has 2 aromatic rings. The number of benzene rings is 2. The summed E-state index contributed by atoms with van der Waals surface area (Å²) in [6.45, 7) is 7.57. The van der Waals surface area contributed by atoms with Gasteiger partial charge < -0.3 is 14.4 Å². The molecule has 26 heavy (non-hydrogen) atoms. The van der Waals surface area contributed by atoms with Crippen molar-refractivity contribution in [1.82, 2.24) is 0 Å². The molecule has 0 aromatic heterocycles. The molecule has 6 heteroatoms. The third kappa shape index (κ3) is 4.96. The van der Waals surface area contributed by atoms with Crippen LogP contribution in [0.5, 0.6) is 5.75 Å². The minimum Gasteiger partial charge on any atom is -0.487 e. The van der Waals surface area contributed by atoms with Crippen LogP contribution in [0, 0.1) is 0 Å². The molecule has 0 aliphatic carbocycles.